The number of ketones is 1. The summed E-state index contributed by atoms with van der Waals surface area (Å²) in [5.74, 6) is -2.19. The molecule has 0 aliphatic carbocycles. The molecule has 1 N–H and O–H groups in total. The van der Waals surface area contributed by atoms with Crippen molar-refractivity contribution in [2.75, 3.05) is 0 Å². The monoisotopic (exact) mass is 286 g/mol. The largest absolute Gasteiger partial charge is 0.475 e. The van der Waals surface area contributed by atoms with E-state index in [1.54, 1.807) is 6.07 Å². The lowest BCUT2D eigenvalue weighted by Crippen LogP contribution is -2.30. The third kappa shape index (κ3) is 1.98. The van der Waals surface area contributed by atoms with Crippen molar-refractivity contribution in [2.45, 2.75) is 12.5 Å². The molecule has 1 aliphatic heterocycles. The van der Waals surface area contributed by atoms with Crippen LogP contribution in [0.4, 0.5) is 0 Å². The predicted molar refractivity (Wildman–Crippen MR) is 65.6 cm³/mol. The van der Waals surface area contributed by atoms with Crippen molar-refractivity contribution in [1.82, 2.24) is 0 Å². The molecule has 6 heteroatoms. The number of carbonyl (C=O) groups is 2. The molecule has 1 aromatic carbocycles. The first-order chi connectivity index (χ1) is 8.34. The fourth-order valence-corrected chi connectivity index (χ4v) is 2.18. The van der Waals surface area contributed by atoms with Gasteiger partial charge in [-0.2, -0.15) is 0 Å². The molecule has 1 atom stereocenters. The quantitative estimate of drug-likeness (QED) is 0.908. The number of carbonyl (C=O) groups excluding carboxylic acids is 1. The summed E-state index contributed by atoms with van der Waals surface area (Å²) in [5, 5.41) is 9.50. The molecule has 0 saturated heterocycles. The molecule has 0 saturated carbocycles. The van der Waals surface area contributed by atoms with Crippen LogP contribution in [0.1, 0.15) is 12.5 Å². The third-order valence-corrected chi connectivity index (χ3v) is 3.26. The van der Waals surface area contributed by atoms with Gasteiger partial charge in [0.2, 0.25) is 11.5 Å². The summed E-state index contributed by atoms with van der Waals surface area (Å²) in [7, 11) is 0. The Kier molecular flexibility index (Phi) is 3.09. The average Bonchev–Trinajstić information content (AvgIpc) is 2.60. The van der Waals surface area contributed by atoms with Crippen LogP contribution in [0.15, 0.2) is 30.0 Å². The molecule has 0 bridgehead atoms. The van der Waals surface area contributed by atoms with Crippen LogP contribution in [0.25, 0.3) is 0 Å². The molecule has 18 heavy (non-hydrogen) atoms. The Hall–Kier alpha value is -1.52. The lowest BCUT2D eigenvalue weighted by Gasteiger charge is -2.24. The Labute approximate surface area is 113 Å². The molecule has 1 aliphatic rings. The second-order valence-corrected chi connectivity index (χ2v) is 4.78. The van der Waals surface area contributed by atoms with Gasteiger partial charge in [0.05, 0.1) is 0 Å². The second-order valence-electron chi connectivity index (χ2n) is 3.94. The van der Waals surface area contributed by atoms with E-state index in [-0.39, 0.29) is 5.02 Å². The molecule has 0 spiro atoms. The number of hydrogen-bond donors (Lipinski definition) is 1. The van der Waals surface area contributed by atoms with Gasteiger partial charge in [-0.3, -0.25) is 4.79 Å². The van der Waals surface area contributed by atoms with Gasteiger partial charge in [0, 0.05) is 21.7 Å². The zero-order valence-corrected chi connectivity index (χ0v) is 10.7. The summed E-state index contributed by atoms with van der Waals surface area (Å²) in [4.78, 5) is 22.7. The highest BCUT2D eigenvalue weighted by molar-refractivity contribution is 6.34. The highest BCUT2D eigenvalue weighted by Crippen LogP contribution is 2.39. The molecule has 1 aromatic rings. The molecule has 0 amide bonds. The zero-order valence-electron chi connectivity index (χ0n) is 9.24. The minimum Gasteiger partial charge on any atom is -0.475 e. The van der Waals surface area contributed by atoms with Crippen molar-refractivity contribution in [3.8, 4) is 0 Å². The van der Waals surface area contributed by atoms with Crippen LogP contribution < -0.4 is 0 Å². The van der Waals surface area contributed by atoms with E-state index >= 15 is 0 Å². The second kappa shape index (κ2) is 4.30. The van der Waals surface area contributed by atoms with Crippen LogP contribution in [-0.2, 0) is 19.9 Å². The van der Waals surface area contributed by atoms with E-state index in [0.717, 1.165) is 6.08 Å². The van der Waals surface area contributed by atoms with Gasteiger partial charge in [-0.05, 0) is 25.1 Å². The van der Waals surface area contributed by atoms with Crippen LogP contribution in [0.2, 0.25) is 10.0 Å². The molecule has 0 radical (unpaired) electrons. The highest BCUT2D eigenvalue weighted by atomic mass is 35.5. The summed E-state index contributed by atoms with van der Waals surface area (Å²) >= 11 is 11.8. The SMILES string of the molecule is CC1(c2cc(Cl)ccc2Cl)OC(C(=O)O)=CC1=O. The van der Waals surface area contributed by atoms with Gasteiger partial charge in [0.25, 0.3) is 0 Å². The standard InChI is InChI=1S/C12H8Cl2O4/c1-12(7-4-6(13)2-3-8(7)14)10(15)5-9(18-12)11(16)17/h2-5H,1H3,(H,16,17). The van der Waals surface area contributed by atoms with Crippen molar-refractivity contribution < 1.29 is 19.4 Å². The zero-order chi connectivity index (χ0) is 13.5. The first kappa shape index (κ1) is 12.9. The fourth-order valence-electron chi connectivity index (χ4n) is 1.71. The van der Waals surface area contributed by atoms with Crippen LogP contribution in [0.5, 0.6) is 0 Å². The maximum Gasteiger partial charge on any atom is 0.371 e. The number of benzene rings is 1. The summed E-state index contributed by atoms with van der Waals surface area (Å²) < 4.78 is 5.21. The molecule has 2 rings (SSSR count). The predicted octanol–water partition coefficient (Wildman–Crippen LogP) is 2.78. The fraction of sp³-hybridized carbons (Fsp3) is 0.167. The van der Waals surface area contributed by atoms with Gasteiger partial charge in [-0.15, -0.1) is 0 Å². The summed E-state index contributed by atoms with van der Waals surface area (Å²) in [5.41, 5.74) is -1.11. The maximum atomic E-state index is 11.9. The van der Waals surface area contributed by atoms with Gasteiger partial charge >= 0.3 is 5.97 Å². The van der Waals surface area contributed by atoms with Gasteiger partial charge < -0.3 is 9.84 Å². The Bertz CT molecular complexity index is 579. The van der Waals surface area contributed by atoms with Crippen LogP contribution in [0, 0.1) is 0 Å². The first-order valence-electron chi connectivity index (χ1n) is 4.98. The number of carboxylic acids is 1. The van der Waals surface area contributed by atoms with Crippen molar-refractivity contribution in [1.29, 1.82) is 0 Å². The van der Waals surface area contributed by atoms with E-state index in [4.69, 9.17) is 33.0 Å². The smallest absolute Gasteiger partial charge is 0.371 e. The van der Waals surface area contributed by atoms with Crippen LogP contribution in [-0.4, -0.2) is 16.9 Å². The highest BCUT2D eigenvalue weighted by Gasteiger charge is 2.45. The molecule has 94 valence electrons. The Balaban J connectivity index is 2.49. The molecule has 1 unspecified atom stereocenters. The normalized spacial score (nSPS) is 22.6. The van der Waals surface area contributed by atoms with E-state index < -0.39 is 23.1 Å². The molecule has 1 heterocycles. The van der Waals surface area contributed by atoms with Crippen molar-refractivity contribution >= 4 is 35.0 Å². The number of halogens is 2. The third-order valence-electron chi connectivity index (χ3n) is 2.70. The molecular formula is C12H8Cl2O4. The average molecular weight is 287 g/mol. The Morgan fingerprint density at radius 2 is 2.06 bits per heavy atom. The molecule has 0 fully saturated rings. The van der Waals surface area contributed by atoms with Crippen LogP contribution in [0.3, 0.4) is 0 Å². The van der Waals surface area contributed by atoms with Gasteiger partial charge in [0.15, 0.2) is 5.60 Å². The summed E-state index contributed by atoms with van der Waals surface area (Å²) in [6.07, 6.45) is 0.944. The number of rotatable bonds is 2. The van der Waals surface area contributed by atoms with E-state index in [1.807, 2.05) is 0 Å². The van der Waals surface area contributed by atoms with Crippen LogP contribution >= 0.6 is 23.2 Å². The molecular weight excluding hydrogens is 279 g/mol. The van der Waals surface area contributed by atoms with E-state index in [9.17, 15) is 9.59 Å². The Morgan fingerprint density at radius 1 is 1.39 bits per heavy atom. The topological polar surface area (TPSA) is 63.6 Å². The van der Waals surface area contributed by atoms with E-state index in [0.29, 0.717) is 10.6 Å². The van der Waals surface area contributed by atoms with Crippen molar-refractivity contribution in [3.63, 3.8) is 0 Å². The minimum atomic E-state index is -1.45. The molecule has 0 aromatic heterocycles. The number of hydrogen-bond acceptors (Lipinski definition) is 3. The van der Waals surface area contributed by atoms with Crippen molar-refractivity contribution in [2.24, 2.45) is 0 Å². The summed E-state index contributed by atoms with van der Waals surface area (Å²) in [6.45, 7) is 1.46. The van der Waals surface area contributed by atoms with Gasteiger partial charge in [-0.25, -0.2) is 4.79 Å². The first-order valence-corrected chi connectivity index (χ1v) is 5.74. The van der Waals surface area contributed by atoms with E-state index in [1.165, 1.54) is 19.1 Å². The van der Waals surface area contributed by atoms with Gasteiger partial charge in [-0.1, -0.05) is 23.2 Å². The minimum absolute atomic E-state index is 0.287. The lowest BCUT2D eigenvalue weighted by atomic mass is 9.92. The number of ether oxygens (including phenoxy) is 1. The number of aliphatic carboxylic acids is 1. The van der Waals surface area contributed by atoms with E-state index in [2.05, 4.69) is 0 Å². The number of carboxylic acid groups (broad SMARTS) is 1. The van der Waals surface area contributed by atoms with Gasteiger partial charge in [0.1, 0.15) is 0 Å². The van der Waals surface area contributed by atoms with Crippen molar-refractivity contribution in [3.05, 3.63) is 45.6 Å². The Morgan fingerprint density at radius 3 is 2.61 bits per heavy atom. The lowest BCUT2D eigenvalue weighted by molar-refractivity contribution is -0.141. The molecule has 4 nitrogen and oxygen atoms in total. The summed E-state index contributed by atoms with van der Waals surface area (Å²) in [6, 6.07) is 4.59. The maximum absolute atomic E-state index is 11.9.